The van der Waals surface area contributed by atoms with Crippen LogP contribution in [0.5, 0.6) is 0 Å². The zero-order valence-corrected chi connectivity index (χ0v) is 6.97. The molecule has 0 radical (unpaired) electrons. The average molecular weight is 181 g/mol. The first kappa shape index (κ1) is 10.5. The third kappa shape index (κ3) is 3.43. The summed E-state index contributed by atoms with van der Waals surface area (Å²) in [4.78, 5) is 10.2. The van der Waals surface area contributed by atoms with Crippen LogP contribution in [0.4, 0.5) is 4.79 Å². The van der Waals surface area contributed by atoms with Crippen LogP contribution in [0.1, 0.15) is 19.3 Å². The first-order valence-corrected chi connectivity index (χ1v) is 3.40. The summed E-state index contributed by atoms with van der Waals surface area (Å²) in [5, 5.41) is 0. The van der Waals surface area contributed by atoms with E-state index in [9.17, 15) is 4.79 Å². The second kappa shape index (κ2) is 4.41. The molecule has 0 aromatic rings. The normalized spacial score (nSPS) is 29.2. The first-order valence-electron chi connectivity index (χ1n) is 3.40. The van der Waals surface area contributed by atoms with Gasteiger partial charge in [-0.1, -0.05) is 0 Å². The molecule has 1 saturated carbocycles. The van der Waals surface area contributed by atoms with Gasteiger partial charge in [0.15, 0.2) is 0 Å². The van der Waals surface area contributed by atoms with Crippen molar-refractivity contribution in [2.75, 3.05) is 0 Å². The molecule has 0 aliphatic heterocycles. The van der Waals surface area contributed by atoms with E-state index in [2.05, 4.69) is 0 Å². The van der Waals surface area contributed by atoms with Crippen molar-refractivity contribution >= 4 is 18.5 Å². The lowest BCUT2D eigenvalue weighted by Gasteiger charge is -2.07. The largest absolute Gasteiger partial charge is 0.446 e. The summed E-state index contributed by atoms with van der Waals surface area (Å²) in [6, 6.07) is 0.185. The van der Waals surface area contributed by atoms with Crippen LogP contribution < -0.4 is 11.5 Å². The minimum Gasteiger partial charge on any atom is -0.446 e. The molecular weight excluding hydrogens is 168 g/mol. The summed E-state index contributed by atoms with van der Waals surface area (Å²) in [7, 11) is 0. The molecule has 1 fully saturated rings. The number of halogens is 1. The Bertz CT molecular complexity index is 143. The Morgan fingerprint density at radius 2 is 2.09 bits per heavy atom. The number of primary amides is 1. The minimum atomic E-state index is -0.695. The molecule has 5 heteroatoms. The van der Waals surface area contributed by atoms with E-state index < -0.39 is 6.09 Å². The fraction of sp³-hybridized carbons (Fsp3) is 0.833. The molecule has 1 aliphatic rings. The van der Waals surface area contributed by atoms with E-state index in [0.717, 1.165) is 19.3 Å². The number of carbonyl (C=O) groups is 1. The highest BCUT2D eigenvalue weighted by atomic mass is 35.5. The van der Waals surface area contributed by atoms with Gasteiger partial charge in [-0.2, -0.15) is 0 Å². The van der Waals surface area contributed by atoms with Crippen LogP contribution in [0.25, 0.3) is 0 Å². The van der Waals surface area contributed by atoms with Crippen molar-refractivity contribution in [2.45, 2.75) is 31.4 Å². The van der Waals surface area contributed by atoms with Crippen molar-refractivity contribution in [3.05, 3.63) is 0 Å². The molecule has 4 N–H and O–H groups in total. The van der Waals surface area contributed by atoms with Crippen molar-refractivity contribution in [2.24, 2.45) is 11.5 Å². The van der Waals surface area contributed by atoms with Crippen molar-refractivity contribution in [1.82, 2.24) is 0 Å². The van der Waals surface area contributed by atoms with Crippen molar-refractivity contribution in [3.63, 3.8) is 0 Å². The molecular formula is C6H13ClN2O2. The van der Waals surface area contributed by atoms with E-state index in [-0.39, 0.29) is 24.6 Å². The smallest absolute Gasteiger partial charge is 0.404 e. The molecule has 1 amide bonds. The van der Waals surface area contributed by atoms with Crippen molar-refractivity contribution in [1.29, 1.82) is 0 Å². The highest BCUT2D eigenvalue weighted by Crippen LogP contribution is 2.19. The third-order valence-corrected chi connectivity index (χ3v) is 1.71. The van der Waals surface area contributed by atoms with Crippen LogP contribution in [-0.2, 0) is 4.74 Å². The van der Waals surface area contributed by atoms with Gasteiger partial charge in [0.1, 0.15) is 6.10 Å². The summed E-state index contributed by atoms with van der Waals surface area (Å²) in [6.45, 7) is 0. The fourth-order valence-corrected chi connectivity index (χ4v) is 1.24. The summed E-state index contributed by atoms with van der Waals surface area (Å²) in [5.74, 6) is 0. The molecule has 66 valence electrons. The minimum absolute atomic E-state index is 0. The Hall–Kier alpha value is -0.480. The molecule has 1 rings (SSSR count). The standard InChI is InChI=1S/C6H12N2O2.ClH/c7-4-1-2-5(3-4)10-6(8)9;/h4-5H,1-3,7H2,(H2,8,9);1H/t4-,5-;/m0./s1. The second-order valence-electron chi connectivity index (χ2n) is 2.63. The molecule has 11 heavy (non-hydrogen) atoms. The highest BCUT2D eigenvalue weighted by Gasteiger charge is 2.23. The molecule has 2 atom stereocenters. The van der Waals surface area contributed by atoms with E-state index in [1.165, 1.54) is 0 Å². The number of rotatable bonds is 1. The molecule has 0 saturated heterocycles. The summed E-state index contributed by atoms with van der Waals surface area (Å²) >= 11 is 0. The Morgan fingerprint density at radius 3 is 2.45 bits per heavy atom. The van der Waals surface area contributed by atoms with Gasteiger partial charge < -0.3 is 16.2 Å². The first-order chi connectivity index (χ1) is 4.68. The van der Waals surface area contributed by atoms with Gasteiger partial charge in [-0.25, -0.2) is 4.79 Å². The SMILES string of the molecule is Cl.NC(=O)O[C@H]1CC[C@H](N)C1. The molecule has 0 bridgehead atoms. The second-order valence-corrected chi connectivity index (χ2v) is 2.63. The average Bonchev–Trinajstić information content (AvgIpc) is 2.13. The van der Waals surface area contributed by atoms with Gasteiger partial charge in [-0.3, -0.25) is 0 Å². The molecule has 0 heterocycles. The number of hydrogen-bond acceptors (Lipinski definition) is 3. The fourth-order valence-electron chi connectivity index (χ4n) is 1.24. The van der Waals surface area contributed by atoms with E-state index in [4.69, 9.17) is 16.2 Å². The number of nitrogens with two attached hydrogens (primary N) is 2. The maximum atomic E-state index is 10.2. The van der Waals surface area contributed by atoms with Crippen LogP contribution in [-0.4, -0.2) is 18.2 Å². The summed E-state index contributed by atoms with van der Waals surface area (Å²) in [5.41, 5.74) is 10.4. The number of carbonyl (C=O) groups excluding carboxylic acids is 1. The van der Waals surface area contributed by atoms with Crippen LogP contribution in [0.15, 0.2) is 0 Å². The topological polar surface area (TPSA) is 78.3 Å². The van der Waals surface area contributed by atoms with Crippen LogP contribution in [0, 0.1) is 0 Å². The predicted molar refractivity (Wildman–Crippen MR) is 43.5 cm³/mol. The molecule has 0 aromatic carbocycles. The molecule has 4 nitrogen and oxygen atoms in total. The Labute approximate surface area is 71.7 Å². The van der Waals surface area contributed by atoms with Gasteiger partial charge in [-0.15, -0.1) is 12.4 Å². The predicted octanol–water partition coefficient (Wildman–Crippen LogP) is 0.383. The van der Waals surface area contributed by atoms with Gasteiger partial charge in [0.2, 0.25) is 0 Å². The third-order valence-electron chi connectivity index (χ3n) is 1.71. The van der Waals surface area contributed by atoms with Gasteiger partial charge in [0.05, 0.1) is 0 Å². The van der Waals surface area contributed by atoms with E-state index >= 15 is 0 Å². The maximum Gasteiger partial charge on any atom is 0.404 e. The quantitative estimate of drug-likeness (QED) is 0.613. The van der Waals surface area contributed by atoms with Crippen molar-refractivity contribution in [3.8, 4) is 0 Å². The monoisotopic (exact) mass is 180 g/mol. The number of ether oxygens (including phenoxy) is 1. The lowest BCUT2D eigenvalue weighted by molar-refractivity contribution is 0.109. The van der Waals surface area contributed by atoms with E-state index in [0.29, 0.717) is 0 Å². The number of amides is 1. The Morgan fingerprint density at radius 1 is 1.45 bits per heavy atom. The molecule has 0 aromatic heterocycles. The number of hydrogen-bond donors (Lipinski definition) is 2. The summed E-state index contributed by atoms with van der Waals surface area (Å²) < 4.78 is 4.74. The summed E-state index contributed by atoms with van der Waals surface area (Å²) in [6.07, 6.45) is 1.80. The van der Waals surface area contributed by atoms with Crippen molar-refractivity contribution < 1.29 is 9.53 Å². The van der Waals surface area contributed by atoms with Gasteiger partial charge in [0.25, 0.3) is 0 Å². The van der Waals surface area contributed by atoms with Crippen LogP contribution in [0.3, 0.4) is 0 Å². The molecule has 0 spiro atoms. The Kier molecular flexibility index (Phi) is 4.22. The lowest BCUT2D eigenvalue weighted by Crippen LogP contribution is -2.22. The highest BCUT2D eigenvalue weighted by molar-refractivity contribution is 5.85. The Balaban J connectivity index is 0.000001000. The van der Waals surface area contributed by atoms with Gasteiger partial charge >= 0.3 is 6.09 Å². The zero-order chi connectivity index (χ0) is 7.56. The van der Waals surface area contributed by atoms with Gasteiger partial charge in [0, 0.05) is 6.04 Å². The maximum absolute atomic E-state index is 10.2. The van der Waals surface area contributed by atoms with E-state index in [1.807, 2.05) is 0 Å². The van der Waals surface area contributed by atoms with Crippen LogP contribution in [0.2, 0.25) is 0 Å². The lowest BCUT2D eigenvalue weighted by atomic mass is 10.3. The zero-order valence-electron chi connectivity index (χ0n) is 6.16. The molecule has 0 unspecified atom stereocenters. The van der Waals surface area contributed by atoms with E-state index in [1.54, 1.807) is 0 Å². The molecule has 1 aliphatic carbocycles. The van der Waals surface area contributed by atoms with Crippen LogP contribution >= 0.6 is 12.4 Å². The van der Waals surface area contributed by atoms with Gasteiger partial charge in [-0.05, 0) is 19.3 Å².